The Morgan fingerprint density at radius 2 is 2.32 bits per heavy atom. The zero-order valence-electron chi connectivity index (χ0n) is 10.3. The van der Waals surface area contributed by atoms with Crippen LogP contribution in [0.5, 0.6) is 0 Å². The van der Waals surface area contributed by atoms with Gasteiger partial charge in [0.25, 0.3) is 5.91 Å². The molecule has 0 saturated heterocycles. The third kappa shape index (κ3) is 3.75. The SMILES string of the molecule is NNc1cc(C(=O)NCCCn2ccnn2)ccn1. The number of hydrazine groups is 1. The Kier molecular flexibility index (Phi) is 4.40. The lowest BCUT2D eigenvalue weighted by Crippen LogP contribution is -2.25. The molecule has 0 bridgehead atoms. The molecule has 2 rings (SSSR count). The fourth-order valence-corrected chi connectivity index (χ4v) is 1.55. The molecule has 0 unspecified atom stereocenters. The maximum atomic E-state index is 11.8. The molecule has 100 valence electrons. The normalized spacial score (nSPS) is 10.2. The van der Waals surface area contributed by atoms with Gasteiger partial charge >= 0.3 is 0 Å². The van der Waals surface area contributed by atoms with Crippen molar-refractivity contribution >= 4 is 11.7 Å². The van der Waals surface area contributed by atoms with E-state index in [-0.39, 0.29) is 5.91 Å². The van der Waals surface area contributed by atoms with Gasteiger partial charge in [0, 0.05) is 31.0 Å². The number of amides is 1. The van der Waals surface area contributed by atoms with Gasteiger partial charge in [-0.3, -0.25) is 9.48 Å². The zero-order chi connectivity index (χ0) is 13.5. The van der Waals surface area contributed by atoms with E-state index >= 15 is 0 Å². The van der Waals surface area contributed by atoms with Crippen LogP contribution in [0.4, 0.5) is 5.82 Å². The smallest absolute Gasteiger partial charge is 0.251 e. The van der Waals surface area contributed by atoms with E-state index < -0.39 is 0 Å². The summed E-state index contributed by atoms with van der Waals surface area (Å²) in [4.78, 5) is 15.8. The van der Waals surface area contributed by atoms with Crippen molar-refractivity contribution in [1.82, 2.24) is 25.3 Å². The maximum Gasteiger partial charge on any atom is 0.251 e. The molecule has 1 amide bonds. The molecule has 0 aliphatic carbocycles. The first kappa shape index (κ1) is 13.0. The topological polar surface area (TPSA) is 111 Å². The minimum atomic E-state index is -0.155. The Morgan fingerprint density at radius 3 is 3.05 bits per heavy atom. The van der Waals surface area contributed by atoms with Crippen LogP contribution in [0, 0.1) is 0 Å². The lowest BCUT2D eigenvalue weighted by molar-refractivity contribution is 0.0952. The monoisotopic (exact) mass is 261 g/mol. The summed E-state index contributed by atoms with van der Waals surface area (Å²) in [5.41, 5.74) is 2.92. The molecule has 0 aliphatic rings. The van der Waals surface area contributed by atoms with Crippen molar-refractivity contribution < 1.29 is 4.79 Å². The molecule has 8 heteroatoms. The molecular weight excluding hydrogens is 246 g/mol. The number of hydrogen-bond acceptors (Lipinski definition) is 6. The Morgan fingerprint density at radius 1 is 1.42 bits per heavy atom. The predicted octanol–water partition coefficient (Wildman–Crippen LogP) is -0.221. The van der Waals surface area contributed by atoms with Crippen LogP contribution in [0.2, 0.25) is 0 Å². The first-order valence-electron chi connectivity index (χ1n) is 5.84. The number of nitrogen functional groups attached to an aromatic ring is 1. The largest absolute Gasteiger partial charge is 0.352 e. The van der Waals surface area contributed by atoms with Crippen molar-refractivity contribution in [3.8, 4) is 0 Å². The van der Waals surface area contributed by atoms with E-state index in [4.69, 9.17) is 5.84 Å². The first-order valence-corrected chi connectivity index (χ1v) is 5.84. The van der Waals surface area contributed by atoms with Crippen LogP contribution in [0.3, 0.4) is 0 Å². The van der Waals surface area contributed by atoms with Crippen molar-refractivity contribution in [3.05, 3.63) is 36.3 Å². The van der Waals surface area contributed by atoms with E-state index in [1.165, 1.54) is 6.20 Å². The Hall–Kier alpha value is -2.48. The molecule has 0 saturated carbocycles. The average Bonchev–Trinajstić information content (AvgIpc) is 2.96. The van der Waals surface area contributed by atoms with Crippen molar-refractivity contribution in [2.45, 2.75) is 13.0 Å². The second-order valence-corrected chi connectivity index (χ2v) is 3.85. The fourth-order valence-electron chi connectivity index (χ4n) is 1.55. The zero-order valence-corrected chi connectivity index (χ0v) is 10.3. The molecule has 8 nitrogen and oxygen atoms in total. The van der Waals surface area contributed by atoms with Gasteiger partial charge in [0.2, 0.25) is 0 Å². The number of aromatic nitrogens is 4. The number of anilines is 1. The van der Waals surface area contributed by atoms with E-state index in [1.54, 1.807) is 29.2 Å². The van der Waals surface area contributed by atoms with Gasteiger partial charge in [0.15, 0.2) is 0 Å². The third-order valence-corrected chi connectivity index (χ3v) is 2.49. The number of carbonyl (C=O) groups is 1. The van der Waals surface area contributed by atoms with Crippen molar-refractivity contribution in [2.75, 3.05) is 12.0 Å². The standard InChI is InChI=1S/C11H15N7O/c12-16-10-8-9(2-4-13-10)11(19)14-3-1-6-18-7-5-15-17-18/h2,4-5,7-8H,1,3,6,12H2,(H,13,16)(H,14,19). The van der Waals surface area contributed by atoms with Crippen LogP contribution >= 0.6 is 0 Å². The van der Waals surface area contributed by atoms with Gasteiger partial charge in [-0.1, -0.05) is 5.21 Å². The number of nitrogens with one attached hydrogen (secondary N) is 2. The summed E-state index contributed by atoms with van der Waals surface area (Å²) in [7, 11) is 0. The van der Waals surface area contributed by atoms with Gasteiger partial charge in [-0.05, 0) is 18.6 Å². The van der Waals surface area contributed by atoms with Crippen LogP contribution in [0.1, 0.15) is 16.8 Å². The molecule has 2 heterocycles. The molecule has 0 radical (unpaired) electrons. The molecule has 0 aromatic carbocycles. The van der Waals surface area contributed by atoms with Gasteiger partial charge in [0.1, 0.15) is 5.82 Å². The Bertz CT molecular complexity index is 526. The minimum absolute atomic E-state index is 0.155. The number of nitrogens with zero attached hydrogens (tertiary/aromatic N) is 4. The fraction of sp³-hybridized carbons (Fsp3) is 0.273. The van der Waals surface area contributed by atoms with Crippen LogP contribution in [-0.4, -0.2) is 32.4 Å². The van der Waals surface area contributed by atoms with E-state index in [0.717, 1.165) is 6.42 Å². The first-order chi connectivity index (χ1) is 9.29. The highest BCUT2D eigenvalue weighted by Gasteiger charge is 2.05. The number of pyridine rings is 1. The Labute approximate surface area is 110 Å². The predicted molar refractivity (Wildman–Crippen MR) is 69.0 cm³/mol. The highest BCUT2D eigenvalue weighted by atomic mass is 16.1. The van der Waals surface area contributed by atoms with Crippen LogP contribution in [-0.2, 0) is 6.54 Å². The number of hydrogen-bond donors (Lipinski definition) is 3. The van der Waals surface area contributed by atoms with Gasteiger partial charge in [-0.2, -0.15) is 0 Å². The van der Waals surface area contributed by atoms with E-state index in [1.807, 2.05) is 0 Å². The van der Waals surface area contributed by atoms with Gasteiger partial charge < -0.3 is 10.7 Å². The van der Waals surface area contributed by atoms with E-state index in [0.29, 0.717) is 24.5 Å². The van der Waals surface area contributed by atoms with Gasteiger partial charge in [-0.15, -0.1) is 5.10 Å². The van der Waals surface area contributed by atoms with Gasteiger partial charge in [0.05, 0.1) is 6.20 Å². The lowest BCUT2D eigenvalue weighted by Gasteiger charge is -2.06. The van der Waals surface area contributed by atoms with Crippen LogP contribution in [0.25, 0.3) is 0 Å². The quantitative estimate of drug-likeness (QED) is 0.376. The van der Waals surface area contributed by atoms with E-state index in [2.05, 4.69) is 26.0 Å². The van der Waals surface area contributed by atoms with Crippen molar-refractivity contribution in [2.24, 2.45) is 5.84 Å². The molecule has 0 spiro atoms. The molecule has 2 aromatic rings. The number of aryl methyl sites for hydroxylation is 1. The van der Waals surface area contributed by atoms with Crippen molar-refractivity contribution in [3.63, 3.8) is 0 Å². The van der Waals surface area contributed by atoms with Gasteiger partial charge in [-0.25, -0.2) is 10.8 Å². The summed E-state index contributed by atoms with van der Waals surface area (Å²) in [6, 6.07) is 3.22. The number of nitrogens with two attached hydrogens (primary N) is 1. The summed E-state index contributed by atoms with van der Waals surface area (Å²) < 4.78 is 1.72. The highest BCUT2D eigenvalue weighted by Crippen LogP contribution is 2.04. The highest BCUT2D eigenvalue weighted by molar-refractivity contribution is 5.94. The summed E-state index contributed by atoms with van der Waals surface area (Å²) in [5, 5.41) is 10.4. The lowest BCUT2D eigenvalue weighted by atomic mass is 10.2. The summed E-state index contributed by atoms with van der Waals surface area (Å²) >= 11 is 0. The molecule has 2 aromatic heterocycles. The number of carbonyl (C=O) groups excluding carboxylic acids is 1. The summed E-state index contributed by atoms with van der Waals surface area (Å²) in [6.07, 6.45) is 5.71. The van der Waals surface area contributed by atoms with Crippen LogP contribution < -0.4 is 16.6 Å². The van der Waals surface area contributed by atoms with Crippen LogP contribution in [0.15, 0.2) is 30.7 Å². The second kappa shape index (κ2) is 6.45. The molecule has 0 aliphatic heterocycles. The minimum Gasteiger partial charge on any atom is -0.352 e. The summed E-state index contributed by atoms with van der Waals surface area (Å²) in [6.45, 7) is 1.28. The molecule has 0 atom stereocenters. The second-order valence-electron chi connectivity index (χ2n) is 3.85. The maximum absolute atomic E-state index is 11.8. The molecular formula is C11H15N7O. The van der Waals surface area contributed by atoms with E-state index in [9.17, 15) is 4.79 Å². The van der Waals surface area contributed by atoms with Crippen molar-refractivity contribution in [1.29, 1.82) is 0 Å². The summed E-state index contributed by atoms with van der Waals surface area (Å²) in [5.74, 6) is 5.53. The Balaban J connectivity index is 1.77. The molecule has 4 N–H and O–H groups in total. The average molecular weight is 261 g/mol. The third-order valence-electron chi connectivity index (χ3n) is 2.49. The molecule has 0 fully saturated rings. The molecule has 19 heavy (non-hydrogen) atoms. The number of rotatable bonds is 6.